The SMILES string of the molecule is CCNC(=O)C(CC(=O)NCC(=O)OCc1ccccc1)NC(=O)OC(C)(C)C. The summed E-state index contributed by atoms with van der Waals surface area (Å²) in [5, 5.41) is 7.30. The average Bonchev–Trinajstić information content (AvgIpc) is 2.63. The zero-order valence-electron chi connectivity index (χ0n) is 17.2. The van der Waals surface area contributed by atoms with Gasteiger partial charge in [0, 0.05) is 6.54 Å². The quantitative estimate of drug-likeness (QED) is 0.530. The predicted octanol–water partition coefficient (Wildman–Crippen LogP) is 1.27. The number of hydrogen-bond donors (Lipinski definition) is 3. The van der Waals surface area contributed by atoms with Crippen LogP contribution < -0.4 is 16.0 Å². The molecule has 0 aromatic heterocycles. The van der Waals surface area contributed by atoms with E-state index in [0.29, 0.717) is 6.54 Å². The Morgan fingerprint density at radius 2 is 1.69 bits per heavy atom. The van der Waals surface area contributed by atoms with Gasteiger partial charge >= 0.3 is 12.1 Å². The normalized spacial score (nSPS) is 11.7. The molecule has 3 amide bonds. The van der Waals surface area contributed by atoms with Gasteiger partial charge in [0.1, 0.15) is 24.8 Å². The summed E-state index contributed by atoms with van der Waals surface area (Å²) in [7, 11) is 0. The van der Waals surface area contributed by atoms with Gasteiger partial charge in [-0.25, -0.2) is 4.79 Å². The summed E-state index contributed by atoms with van der Waals surface area (Å²) in [5.74, 6) is -1.73. The van der Waals surface area contributed by atoms with E-state index < -0.39 is 35.5 Å². The minimum Gasteiger partial charge on any atom is -0.460 e. The fourth-order valence-electron chi connectivity index (χ4n) is 2.17. The molecule has 0 bridgehead atoms. The first-order valence-corrected chi connectivity index (χ1v) is 9.34. The van der Waals surface area contributed by atoms with E-state index >= 15 is 0 Å². The van der Waals surface area contributed by atoms with Crippen molar-refractivity contribution in [2.45, 2.75) is 52.4 Å². The van der Waals surface area contributed by atoms with Crippen LogP contribution in [0.4, 0.5) is 4.79 Å². The van der Waals surface area contributed by atoms with Gasteiger partial charge in [0.15, 0.2) is 0 Å². The van der Waals surface area contributed by atoms with Crippen LogP contribution in [-0.2, 0) is 30.5 Å². The topological polar surface area (TPSA) is 123 Å². The molecule has 9 heteroatoms. The number of ether oxygens (including phenoxy) is 2. The number of likely N-dealkylation sites (N-methyl/N-ethyl adjacent to an activating group) is 1. The third-order valence-electron chi connectivity index (χ3n) is 3.42. The number of nitrogens with one attached hydrogen (secondary N) is 3. The molecule has 0 saturated heterocycles. The van der Waals surface area contributed by atoms with Crippen molar-refractivity contribution in [2.75, 3.05) is 13.1 Å². The van der Waals surface area contributed by atoms with Crippen molar-refractivity contribution in [1.29, 1.82) is 0 Å². The number of benzene rings is 1. The molecule has 1 rings (SSSR count). The molecule has 0 aliphatic rings. The summed E-state index contributed by atoms with van der Waals surface area (Å²) in [5.41, 5.74) is 0.0747. The standard InChI is InChI=1S/C20H29N3O6/c1-5-21-18(26)15(23-19(27)29-20(2,3)4)11-16(24)22-12-17(25)28-13-14-9-7-6-8-10-14/h6-10,15H,5,11-13H2,1-4H3,(H,21,26)(H,22,24)(H,23,27). The summed E-state index contributed by atoms with van der Waals surface area (Å²) < 4.78 is 10.2. The number of hydrogen-bond acceptors (Lipinski definition) is 6. The molecule has 0 heterocycles. The molecular formula is C20H29N3O6. The third kappa shape index (κ3) is 10.7. The Kier molecular flexibility index (Phi) is 9.64. The van der Waals surface area contributed by atoms with Crippen molar-refractivity contribution in [3.8, 4) is 0 Å². The number of esters is 1. The lowest BCUT2D eigenvalue weighted by Gasteiger charge is -2.23. The molecule has 0 fully saturated rings. The van der Waals surface area contributed by atoms with Crippen molar-refractivity contribution in [2.24, 2.45) is 0 Å². The van der Waals surface area contributed by atoms with Crippen LogP contribution in [-0.4, -0.2) is 48.6 Å². The maximum absolute atomic E-state index is 12.1. The fraction of sp³-hybridized carbons (Fsp3) is 0.500. The number of alkyl carbamates (subject to hydrolysis) is 1. The number of carbonyl (C=O) groups is 4. The first-order valence-electron chi connectivity index (χ1n) is 9.34. The van der Waals surface area contributed by atoms with E-state index in [0.717, 1.165) is 5.56 Å². The summed E-state index contributed by atoms with van der Waals surface area (Å²) in [6.07, 6.45) is -1.17. The van der Waals surface area contributed by atoms with Gasteiger partial charge < -0.3 is 25.4 Å². The second-order valence-corrected chi connectivity index (χ2v) is 7.22. The minimum absolute atomic E-state index is 0.0945. The zero-order chi connectivity index (χ0) is 21.9. The maximum atomic E-state index is 12.1. The average molecular weight is 407 g/mol. The Balaban J connectivity index is 2.50. The van der Waals surface area contributed by atoms with Crippen LogP contribution in [0.15, 0.2) is 30.3 Å². The summed E-state index contributed by atoms with van der Waals surface area (Å²) in [6, 6.07) is 7.98. The van der Waals surface area contributed by atoms with E-state index in [9.17, 15) is 19.2 Å². The minimum atomic E-state index is -1.13. The molecule has 0 radical (unpaired) electrons. The van der Waals surface area contributed by atoms with Crippen molar-refractivity contribution >= 4 is 23.9 Å². The third-order valence-corrected chi connectivity index (χ3v) is 3.42. The van der Waals surface area contributed by atoms with Crippen molar-refractivity contribution < 1.29 is 28.7 Å². The van der Waals surface area contributed by atoms with E-state index in [2.05, 4.69) is 16.0 Å². The van der Waals surface area contributed by atoms with Crippen LogP contribution in [0.3, 0.4) is 0 Å². The monoisotopic (exact) mass is 407 g/mol. The van der Waals surface area contributed by atoms with Gasteiger partial charge in [-0.1, -0.05) is 30.3 Å². The highest BCUT2D eigenvalue weighted by atomic mass is 16.6. The number of rotatable bonds is 9. The summed E-state index contributed by atoms with van der Waals surface area (Å²) in [6.45, 7) is 6.84. The molecule has 0 aliphatic heterocycles. The molecule has 9 nitrogen and oxygen atoms in total. The molecule has 1 atom stereocenters. The Bertz CT molecular complexity index is 700. The van der Waals surface area contributed by atoms with Gasteiger partial charge in [0.2, 0.25) is 11.8 Å². The second-order valence-electron chi connectivity index (χ2n) is 7.22. The van der Waals surface area contributed by atoms with Gasteiger partial charge in [-0.2, -0.15) is 0 Å². The lowest BCUT2D eigenvalue weighted by molar-refractivity contribution is -0.145. The van der Waals surface area contributed by atoms with Crippen molar-refractivity contribution in [3.63, 3.8) is 0 Å². The number of amides is 3. The van der Waals surface area contributed by atoms with Gasteiger partial charge in [-0.3, -0.25) is 14.4 Å². The lowest BCUT2D eigenvalue weighted by atomic mass is 10.1. The molecule has 1 aromatic rings. The second kappa shape index (κ2) is 11.7. The van der Waals surface area contributed by atoms with Gasteiger partial charge in [0.25, 0.3) is 0 Å². The van der Waals surface area contributed by atoms with Crippen LogP contribution in [0.5, 0.6) is 0 Å². The van der Waals surface area contributed by atoms with Gasteiger partial charge in [-0.05, 0) is 33.3 Å². The number of carbonyl (C=O) groups excluding carboxylic acids is 4. The van der Waals surface area contributed by atoms with Crippen molar-refractivity contribution in [1.82, 2.24) is 16.0 Å². The molecule has 0 spiro atoms. The lowest BCUT2D eigenvalue weighted by Crippen LogP contribution is -2.50. The van der Waals surface area contributed by atoms with Crippen LogP contribution in [0.1, 0.15) is 39.7 Å². The van der Waals surface area contributed by atoms with Crippen LogP contribution in [0.25, 0.3) is 0 Å². The molecule has 3 N–H and O–H groups in total. The fourth-order valence-corrected chi connectivity index (χ4v) is 2.17. The highest BCUT2D eigenvalue weighted by molar-refractivity contribution is 5.91. The molecule has 0 saturated carbocycles. The van der Waals surface area contributed by atoms with Gasteiger partial charge in [-0.15, -0.1) is 0 Å². The van der Waals surface area contributed by atoms with E-state index in [1.165, 1.54) is 0 Å². The highest BCUT2D eigenvalue weighted by Gasteiger charge is 2.26. The first kappa shape index (κ1) is 23.9. The maximum Gasteiger partial charge on any atom is 0.408 e. The summed E-state index contributed by atoms with van der Waals surface area (Å²) in [4.78, 5) is 47.9. The Morgan fingerprint density at radius 1 is 1.03 bits per heavy atom. The molecule has 0 aliphatic carbocycles. The largest absolute Gasteiger partial charge is 0.460 e. The smallest absolute Gasteiger partial charge is 0.408 e. The van der Waals surface area contributed by atoms with Crippen LogP contribution >= 0.6 is 0 Å². The molecule has 1 unspecified atom stereocenters. The first-order chi connectivity index (χ1) is 13.6. The van der Waals surface area contributed by atoms with Crippen LogP contribution in [0, 0.1) is 0 Å². The highest BCUT2D eigenvalue weighted by Crippen LogP contribution is 2.07. The van der Waals surface area contributed by atoms with Crippen molar-refractivity contribution in [3.05, 3.63) is 35.9 Å². The van der Waals surface area contributed by atoms with E-state index in [-0.39, 0.29) is 19.6 Å². The van der Waals surface area contributed by atoms with Crippen LogP contribution in [0.2, 0.25) is 0 Å². The van der Waals surface area contributed by atoms with E-state index in [1.807, 2.05) is 30.3 Å². The zero-order valence-corrected chi connectivity index (χ0v) is 17.2. The van der Waals surface area contributed by atoms with E-state index in [4.69, 9.17) is 9.47 Å². The van der Waals surface area contributed by atoms with E-state index in [1.54, 1.807) is 27.7 Å². The summed E-state index contributed by atoms with van der Waals surface area (Å²) >= 11 is 0. The van der Waals surface area contributed by atoms with Gasteiger partial charge in [0.05, 0.1) is 6.42 Å². The Morgan fingerprint density at radius 3 is 2.28 bits per heavy atom. The molecule has 1 aromatic carbocycles. The Hall–Kier alpha value is -3.10. The molecule has 160 valence electrons. The molecular weight excluding hydrogens is 378 g/mol. The molecule has 29 heavy (non-hydrogen) atoms. The Labute approximate surface area is 170 Å². The predicted molar refractivity (Wildman–Crippen MR) is 106 cm³/mol.